The predicted octanol–water partition coefficient (Wildman–Crippen LogP) is -2.11. The summed E-state index contributed by atoms with van der Waals surface area (Å²) in [6.07, 6.45) is 0.0815. The van der Waals surface area contributed by atoms with Crippen LogP contribution in [-0.2, 0) is 28.8 Å². The van der Waals surface area contributed by atoms with Crippen molar-refractivity contribution in [3.63, 3.8) is 0 Å². The van der Waals surface area contributed by atoms with E-state index < -0.39 is 11.9 Å². The van der Waals surface area contributed by atoms with E-state index in [1.165, 1.54) is 0 Å². The molecular weight excluding hydrogens is 384 g/mol. The second kappa shape index (κ2) is 11.5. The fourth-order valence-corrected chi connectivity index (χ4v) is 3.37. The molecule has 4 amide bonds. The molecule has 0 bridgehead atoms. The van der Waals surface area contributed by atoms with Gasteiger partial charge >= 0.3 is 0 Å². The molecule has 1 saturated heterocycles. The summed E-state index contributed by atoms with van der Waals surface area (Å²) in [5.41, 5.74) is 4.88. The fraction of sp³-hybridized carbons (Fsp3) is 0.571. The number of thioether (sulfide) groups is 2. The number of amides is 4. The van der Waals surface area contributed by atoms with Gasteiger partial charge in [-0.25, -0.2) is 0 Å². The van der Waals surface area contributed by atoms with Crippen LogP contribution >= 0.6 is 23.5 Å². The van der Waals surface area contributed by atoms with E-state index >= 15 is 0 Å². The van der Waals surface area contributed by atoms with Crippen LogP contribution in [0.2, 0.25) is 0 Å². The van der Waals surface area contributed by atoms with Crippen LogP contribution in [0.4, 0.5) is 0 Å². The fourth-order valence-electron chi connectivity index (χ4n) is 1.78. The molecule has 5 N–H and O–H groups in total. The Morgan fingerprint density at radius 1 is 1.08 bits per heavy atom. The SMILES string of the molecule is NC(=O)CNC(=O)CCSC(=O)CCC(=O)SC[C@@H]1NC(=O)CNC1=O. The van der Waals surface area contributed by atoms with Crippen molar-refractivity contribution in [2.24, 2.45) is 5.73 Å². The van der Waals surface area contributed by atoms with E-state index in [2.05, 4.69) is 16.0 Å². The Labute approximate surface area is 158 Å². The summed E-state index contributed by atoms with van der Waals surface area (Å²) >= 11 is 1.81. The molecule has 0 aromatic rings. The number of nitrogens with two attached hydrogens (primary N) is 1. The van der Waals surface area contributed by atoms with Gasteiger partial charge in [-0.3, -0.25) is 28.8 Å². The van der Waals surface area contributed by atoms with Crippen LogP contribution in [0.3, 0.4) is 0 Å². The van der Waals surface area contributed by atoms with Gasteiger partial charge in [-0.15, -0.1) is 0 Å². The number of carbonyl (C=O) groups excluding carboxylic acids is 6. The van der Waals surface area contributed by atoms with Crippen molar-refractivity contribution < 1.29 is 28.8 Å². The molecular formula is C14H20N4O6S2. The first-order valence-electron chi connectivity index (χ1n) is 7.71. The van der Waals surface area contributed by atoms with Gasteiger partial charge in [0.1, 0.15) is 6.04 Å². The molecule has 1 aliphatic rings. The van der Waals surface area contributed by atoms with Crippen molar-refractivity contribution >= 4 is 57.4 Å². The first-order chi connectivity index (χ1) is 12.3. The molecule has 0 aliphatic carbocycles. The average Bonchev–Trinajstić information content (AvgIpc) is 2.59. The van der Waals surface area contributed by atoms with Gasteiger partial charge < -0.3 is 21.7 Å². The van der Waals surface area contributed by atoms with Crippen molar-refractivity contribution in [1.29, 1.82) is 0 Å². The van der Waals surface area contributed by atoms with Gasteiger partial charge in [0.15, 0.2) is 10.2 Å². The van der Waals surface area contributed by atoms with E-state index in [0.29, 0.717) is 0 Å². The Hall–Kier alpha value is -2.08. The number of rotatable bonds is 10. The molecule has 1 atom stereocenters. The zero-order valence-electron chi connectivity index (χ0n) is 13.9. The van der Waals surface area contributed by atoms with E-state index in [4.69, 9.17) is 5.73 Å². The molecule has 0 aromatic heterocycles. The molecule has 10 nitrogen and oxygen atoms in total. The van der Waals surface area contributed by atoms with E-state index in [1.807, 2.05) is 0 Å². The van der Waals surface area contributed by atoms with Crippen LogP contribution in [0.5, 0.6) is 0 Å². The summed E-state index contributed by atoms with van der Waals surface area (Å²) in [4.78, 5) is 67.9. The number of primary amides is 1. The molecule has 12 heteroatoms. The highest BCUT2D eigenvalue weighted by atomic mass is 32.2. The van der Waals surface area contributed by atoms with Crippen LogP contribution in [0.15, 0.2) is 0 Å². The molecule has 1 rings (SSSR count). The van der Waals surface area contributed by atoms with Gasteiger partial charge in [-0.1, -0.05) is 23.5 Å². The predicted molar refractivity (Wildman–Crippen MR) is 95.9 cm³/mol. The lowest BCUT2D eigenvalue weighted by atomic mass is 10.2. The zero-order chi connectivity index (χ0) is 19.5. The zero-order valence-corrected chi connectivity index (χ0v) is 15.5. The topological polar surface area (TPSA) is 165 Å². The smallest absolute Gasteiger partial charge is 0.243 e. The van der Waals surface area contributed by atoms with E-state index in [-0.39, 0.29) is 71.8 Å². The van der Waals surface area contributed by atoms with Crippen molar-refractivity contribution in [3.05, 3.63) is 0 Å². The highest BCUT2D eigenvalue weighted by Crippen LogP contribution is 2.14. The van der Waals surface area contributed by atoms with Gasteiger partial charge in [0.05, 0.1) is 13.1 Å². The Morgan fingerprint density at radius 2 is 1.73 bits per heavy atom. The number of nitrogens with one attached hydrogen (secondary N) is 3. The monoisotopic (exact) mass is 404 g/mol. The average molecular weight is 404 g/mol. The third-order valence-corrected chi connectivity index (χ3v) is 5.03. The number of hydrogen-bond donors (Lipinski definition) is 4. The summed E-state index contributed by atoms with van der Waals surface area (Å²) in [6, 6.07) is -0.755. The molecule has 0 saturated carbocycles. The standard InChI is InChI=1S/C14H20N4O6S2/c15-9(19)5-16-10(20)3-4-25-12(22)1-2-13(23)26-7-8-14(24)17-6-11(21)18-8/h8H,1-7H2,(H2,15,19)(H,16,20)(H,17,24)(H,18,21)/t8-/m0/s1. The van der Waals surface area contributed by atoms with Gasteiger partial charge in [-0.2, -0.15) is 0 Å². The van der Waals surface area contributed by atoms with Gasteiger partial charge in [0.25, 0.3) is 0 Å². The molecule has 1 aliphatic heterocycles. The van der Waals surface area contributed by atoms with E-state index in [0.717, 1.165) is 23.5 Å². The first kappa shape index (κ1) is 22.0. The van der Waals surface area contributed by atoms with Gasteiger partial charge in [0.2, 0.25) is 23.6 Å². The number of piperazine rings is 1. The summed E-state index contributed by atoms with van der Waals surface area (Å²) < 4.78 is 0. The van der Waals surface area contributed by atoms with E-state index in [1.54, 1.807) is 0 Å². The van der Waals surface area contributed by atoms with Crippen LogP contribution in [0.25, 0.3) is 0 Å². The van der Waals surface area contributed by atoms with Crippen molar-refractivity contribution in [2.75, 3.05) is 24.6 Å². The van der Waals surface area contributed by atoms with Crippen molar-refractivity contribution in [1.82, 2.24) is 16.0 Å². The molecule has 0 aromatic carbocycles. The molecule has 1 heterocycles. The van der Waals surface area contributed by atoms with Crippen LogP contribution in [0, 0.1) is 0 Å². The quantitative estimate of drug-likeness (QED) is 0.321. The minimum Gasteiger partial charge on any atom is -0.368 e. The number of carbonyl (C=O) groups is 6. The summed E-state index contributed by atoms with van der Waals surface area (Å²) in [5.74, 6) is -1.34. The highest BCUT2D eigenvalue weighted by molar-refractivity contribution is 8.14. The Kier molecular flexibility index (Phi) is 9.73. The second-order valence-electron chi connectivity index (χ2n) is 5.23. The van der Waals surface area contributed by atoms with Crippen molar-refractivity contribution in [3.8, 4) is 0 Å². The van der Waals surface area contributed by atoms with E-state index in [9.17, 15) is 28.8 Å². The van der Waals surface area contributed by atoms with Gasteiger partial charge in [-0.05, 0) is 0 Å². The number of hydrogen-bond acceptors (Lipinski definition) is 8. The normalized spacial score (nSPS) is 16.4. The third-order valence-electron chi connectivity index (χ3n) is 3.07. The summed E-state index contributed by atoms with van der Waals surface area (Å²) in [6.45, 7) is -0.317. The minimum atomic E-state index is -0.755. The van der Waals surface area contributed by atoms with Crippen LogP contribution in [-0.4, -0.2) is 64.5 Å². The largest absolute Gasteiger partial charge is 0.368 e. The van der Waals surface area contributed by atoms with Crippen molar-refractivity contribution in [2.45, 2.75) is 25.3 Å². The maximum absolute atomic E-state index is 11.8. The van der Waals surface area contributed by atoms with Crippen LogP contribution < -0.4 is 21.7 Å². The Bertz CT molecular complexity index is 598. The molecule has 0 spiro atoms. The lowest BCUT2D eigenvalue weighted by Gasteiger charge is -2.22. The molecule has 0 radical (unpaired) electrons. The van der Waals surface area contributed by atoms with Gasteiger partial charge in [0, 0.05) is 30.8 Å². The molecule has 0 unspecified atom stereocenters. The maximum Gasteiger partial charge on any atom is 0.243 e. The molecule has 26 heavy (non-hydrogen) atoms. The first-order valence-corrected chi connectivity index (χ1v) is 9.68. The Morgan fingerprint density at radius 3 is 2.38 bits per heavy atom. The maximum atomic E-state index is 11.8. The van der Waals surface area contributed by atoms with Crippen LogP contribution in [0.1, 0.15) is 19.3 Å². The third kappa shape index (κ3) is 9.42. The Balaban J connectivity index is 2.13. The highest BCUT2D eigenvalue weighted by Gasteiger charge is 2.26. The second-order valence-corrected chi connectivity index (χ2v) is 7.46. The molecule has 144 valence electrons. The summed E-state index contributed by atoms with van der Waals surface area (Å²) in [5, 5.41) is 6.70. The lowest BCUT2D eigenvalue weighted by Crippen LogP contribution is -2.57. The summed E-state index contributed by atoms with van der Waals surface area (Å²) in [7, 11) is 0. The minimum absolute atomic E-state index is 0.00660. The molecule has 1 fully saturated rings. The lowest BCUT2D eigenvalue weighted by molar-refractivity contribution is -0.133.